The first-order valence-electron chi connectivity index (χ1n) is 8.38. The van der Waals surface area contributed by atoms with Gasteiger partial charge in [0.2, 0.25) is 5.91 Å². The number of benzene rings is 1. The number of hydrogen-bond donors (Lipinski definition) is 1. The van der Waals surface area contributed by atoms with Crippen LogP contribution < -0.4 is 10.1 Å². The lowest BCUT2D eigenvalue weighted by atomic mass is 10.1. The Balaban J connectivity index is 1.80. The summed E-state index contributed by atoms with van der Waals surface area (Å²) in [5, 5.41) is 7.35. The van der Waals surface area contributed by atoms with Crippen molar-refractivity contribution in [1.82, 2.24) is 15.1 Å². The first kappa shape index (κ1) is 18.0. The lowest BCUT2D eigenvalue weighted by molar-refractivity contribution is -0.121. The number of nitrogens with one attached hydrogen (secondary N) is 1. The van der Waals surface area contributed by atoms with Gasteiger partial charge in [-0.05, 0) is 57.4 Å². The molecule has 24 heavy (non-hydrogen) atoms. The van der Waals surface area contributed by atoms with Gasteiger partial charge in [0.05, 0.1) is 11.8 Å². The Hall–Kier alpha value is -2.30. The number of carbonyl (C=O) groups is 1. The summed E-state index contributed by atoms with van der Waals surface area (Å²) in [5.41, 5.74) is 4.36. The third-order valence-electron chi connectivity index (χ3n) is 4.05. The van der Waals surface area contributed by atoms with Crippen molar-refractivity contribution in [3.63, 3.8) is 0 Å². The largest absolute Gasteiger partial charge is 0.491 e. The fourth-order valence-corrected chi connectivity index (χ4v) is 2.66. The predicted molar refractivity (Wildman–Crippen MR) is 95.1 cm³/mol. The lowest BCUT2D eigenvalue weighted by Gasteiger charge is -2.10. The molecule has 5 nitrogen and oxygen atoms in total. The van der Waals surface area contributed by atoms with E-state index >= 15 is 0 Å². The van der Waals surface area contributed by atoms with Crippen molar-refractivity contribution >= 4 is 5.91 Å². The predicted octanol–water partition coefficient (Wildman–Crippen LogP) is 3.07. The first-order valence-corrected chi connectivity index (χ1v) is 8.38. The van der Waals surface area contributed by atoms with Gasteiger partial charge in [0.15, 0.2) is 0 Å². The van der Waals surface area contributed by atoms with Crippen LogP contribution in [0.5, 0.6) is 5.75 Å². The Morgan fingerprint density at radius 3 is 2.46 bits per heavy atom. The number of nitrogens with zero attached hydrogens (tertiary/aromatic N) is 2. The third-order valence-corrected chi connectivity index (χ3v) is 4.05. The van der Waals surface area contributed by atoms with Crippen LogP contribution in [0, 0.1) is 13.8 Å². The van der Waals surface area contributed by atoms with Gasteiger partial charge in [-0.2, -0.15) is 5.10 Å². The third kappa shape index (κ3) is 4.85. The molecule has 1 amide bonds. The molecular weight excluding hydrogens is 302 g/mol. The zero-order valence-corrected chi connectivity index (χ0v) is 15.2. The molecule has 1 N–H and O–H groups in total. The summed E-state index contributed by atoms with van der Waals surface area (Å²) in [6, 6.07) is 7.83. The van der Waals surface area contributed by atoms with E-state index in [1.807, 2.05) is 63.7 Å². The van der Waals surface area contributed by atoms with Gasteiger partial charge in [-0.3, -0.25) is 9.48 Å². The van der Waals surface area contributed by atoms with Gasteiger partial charge < -0.3 is 10.1 Å². The van der Waals surface area contributed by atoms with E-state index in [4.69, 9.17) is 4.74 Å². The van der Waals surface area contributed by atoms with Gasteiger partial charge in [-0.1, -0.05) is 12.1 Å². The molecule has 2 aromatic rings. The summed E-state index contributed by atoms with van der Waals surface area (Å²) in [4.78, 5) is 12.1. The summed E-state index contributed by atoms with van der Waals surface area (Å²) >= 11 is 0. The van der Waals surface area contributed by atoms with Crippen molar-refractivity contribution in [2.45, 2.75) is 53.2 Å². The van der Waals surface area contributed by atoms with Gasteiger partial charge in [0.25, 0.3) is 0 Å². The molecule has 0 unspecified atom stereocenters. The molecule has 130 valence electrons. The molecule has 0 aliphatic heterocycles. The van der Waals surface area contributed by atoms with E-state index in [2.05, 4.69) is 10.4 Å². The summed E-state index contributed by atoms with van der Waals surface area (Å²) in [6.07, 6.45) is 1.36. The van der Waals surface area contributed by atoms with E-state index in [-0.39, 0.29) is 12.0 Å². The maximum Gasteiger partial charge on any atom is 0.220 e. The molecule has 0 spiro atoms. The zero-order valence-electron chi connectivity index (χ0n) is 15.2. The van der Waals surface area contributed by atoms with E-state index < -0.39 is 0 Å². The molecule has 0 aliphatic carbocycles. The second kappa shape index (κ2) is 7.99. The Morgan fingerprint density at radius 1 is 1.25 bits per heavy atom. The summed E-state index contributed by atoms with van der Waals surface area (Å²) in [5.74, 6) is 0.905. The zero-order chi connectivity index (χ0) is 17.7. The highest BCUT2D eigenvalue weighted by Crippen LogP contribution is 2.15. The number of carbonyl (C=O) groups excluding carboxylic acids is 1. The quantitative estimate of drug-likeness (QED) is 0.849. The Kier molecular flexibility index (Phi) is 6.01. The van der Waals surface area contributed by atoms with Gasteiger partial charge in [-0.25, -0.2) is 0 Å². The Labute approximate surface area is 144 Å². The smallest absolute Gasteiger partial charge is 0.220 e. The summed E-state index contributed by atoms with van der Waals surface area (Å²) in [7, 11) is 1.93. The van der Waals surface area contributed by atoms with Crippen LogP contribution >= 0.6 is 0 Å². The van der Waals surface area contributed by atoms with Crippen LogP contribution in [-0.2, 0) is 24.8 Å². The standard InChI is InChI=1S/C19H27N3O2/c1-13(2)24-17-8-6-16(7-9-17)12-20-19(23)11-10-18-14(3)21-22(5)15(18)4/h6-9,13H,10-12H2,1-5H3,(H,20,23). The van der Waals surface area contributed by atoms with Crippen LogP contribution in [0.25, 0.3) is 0 Å². The number of hydrogen-bond acceptors (Lipinski definition) is 3. The van der Waals surface area contributed by atoms with Crippen molar-refractivity contribution in [3.05, 3.63) is 46.8 Å². The molecular formula is C19H27N3O2. The Bertz CT molecular complexity index is 687. The minimum atomic E-state index is 0.0557. The molecule has 5 heteroatoms. The average Bonchev–Trinajstić information content (AvgIpc) is 2.77. The average molecular weight is 329 g/mol. The van der Waals surface area contributed by atoms with Crippen LogP contribution in [0.15, 0.2) is 24.3 Å². The minimum absolute atomic E-state index is 0.0557. The topological polar surface area (TPSA) is 56.2 Å². The molecule has 0 atom stereocenters. The van der Waals surface area contributed by atoms with Gasteiger partial charge in [0, 0.05) is 25.7 Å². The van der Waals surface area contributed by atoms with Crippen LogP contribution in [0.3, 0.4) is 0 Å². The highest BCUT2D eigenvalue weighted by molar-refractivity contribution is 5.76. The van der Waals surface area contributed by atoms with Crippen molar-refractivity contribution in [3.8, 4) is 5.75 Å². The van der Waals surface area contributed by atoms with E-state index in [0.29, 0.717) is 13.0 Å². The summed E-state index contributed by atoms with van der Waals surface area (Å²) < 4.78 is 7.48. The first-order chi connectivity index (χ1) is 11.4. The summed E-state index contributed by atoms with van der Waals surface area (Å²) in [6.45, 7) is 8.56. The highest BCUT2D eigenvalue weighted by Gasteiger charge is 2.11. The number of aromatic nitrogens is 2. The van der Waals surface area contributed by atoms with Crippen molar-refractivity contribution in [1.29, 1.82) is 0 Å². The van der Waals surface area contributed by atoms with Crippen molar-refractivity contribution in [2.24, 2.45) is 7.05 Å². The van der Waals surface area contributed by atoms with Crippen LogP contribution in [0.4, 0.5) is 0 Å². The molecule has 0 bridgehead atoms. The van der Waals surface area contributed by atoms with E-state index in [1.54, 1.807) is 0 Å². The maximum atomic E-state index is 12.1. The fraction of sp³-hybridized carbons (Fsp3) is 0.474. The highest BCUT2D eigenvalue weighted by atomic mass is 16.5. The normalized spacial score (nSPS) is 10.9. The molecule has 1 aromatic heterocycles. The Morgan fingerprint density at radius 2 is 1.92 bits per heavy atom. The second-order valence-corrected chi connectivity index (χ2v) is 6.36. The molecule has 0 radical (unpaired) electrons. The van der Waals surface area contributed by atoms with Crippen molar-refractivity contribution < 1.29 is 9.53 Å². The lowest BCUT2D eigenvalue weighted by Crippen LogP contribution is -2.23. The van der Waals surface area contributed by atoms with Gasteiger partial charge in [0.1, 0.15) is 5.75 Å². The van der Waals surface area contributed by atoms with Crippen LogP contribution in [0.2, 0.25) is 0 Å². The number of ether oxygens (including phenoxy) is 1. The SMILES string of the molecule is Cc1nn(C)c(C)c1CCC(=O)NCc1ccc(OC(C)C)cc1. The van der Waals surface area contributed by atoms with E-state index in [1.165, 1.54) is 5.56 Å². The van der Waals surface area contributed by atoms with Crippen LogP contribution in [-0.4, -0.2) is 21.8 Å². The molecule has 1 heterocycles. The van der Waals surface area contributed by atoms with Gasteiger partial charge in [-0.15, -0.1) is 0 Å². The molecule has 0 saturated carbocycles. The van der Waals surface area contributed by atoms with E-state index in [9.17, 15) is 4.79 Å². The molecule has 0 fully saturated rings. The van der Waals surface area contributed by atoms with Gasteiger partial charge >= 0.3 is 0 Å². The molecule has 2 rings (SSSR count). The van der Waals surface area contributed by atoms with Crippen molar-refractivity contribution in [2.75, 3.05) is 0 Å². The number of aryl methyl sites for hydroxylation is 2. The fourth-order valence-electron chi connectivity index (χ4n) is 2.66. The molecule has 0 aliphatic rings. The second-order valence-electron chi connectivity index (χ2n) is 6.36. The van der Waals surface area contributed by atoms with Crippen LogP contribution in [0.1, 0.15) is 42.8 Å². The maximum absolute atomic E-state index is 12.1. The molecule has 1 aromatic carbocycles. The molecule has 0 saturated heterocycles. The number of rotatable bonds is 7. The monoisotopic (exact) mass is 329 g/mol. The number of amides is 1. The minimum Gasteiger partial charge on any atom is -0.491 e. The van der Waals surface area contributed by atoms with E-state index in [0.717, 1.165) is 29.1 Å².